The lowest BCUT2D eigenvalue weighted by Gasteiger charge is -2.00. The Balaban J connectivity index is 1.80. The lowest BCUT2D eigenvalue weighted by Crippen LogP contribution is -2.12. The molecule has 0 spiro atoms. The smallest absolute Gasteiger partial charge is 0.206 e. The van der Waals surface area contributed by atoms with E-state index in [1.165, 1.54) is 11.3 Å². The molecule has 0 saturated carbocycles. The van der Waals surface area contributed by atoms with Crippen molar-refractivity contribution in [2.75, 3.05) is 6.54 Å². The molecule has 0 unspecified atom stereocenters. The molecule has 1 aromatic carbocycles. The number of para-hydroxylation sites is 1. The van der Waals surface area contributed by atoms with E-state index in [4.69, 9.17) is 9.52 Å². The van der Waals surface area contributed by atoms with Crippen molar-refractivity contribution < 1.29 is 4.42 Å². The Bertz CT molecular complexity index is 1140. The zero-order valence-electron chi connectivity index (χ0n) is 14.3. The highest BCUT2D eigenvalue weighted by molar-refractivity contribution is 7.07. The number of hydrogen-bond donors (Lipinski definition) is 1. The summed E-state index contributed by atoms with van der Waals surface area (Å²) in [5, 5.41) is 7.83. The number of furan rings is 1. The summed E-state index contributed by atoms with van der Waals surface area (Å²) >= 11 is 1.53. The Labute approximate surface area is 154 Å². The van der Waals surface area contributed by atoms with Gasteiger partial charge in [-0.2, -0.15) is 5.10 Å². The van der Waals surface area contributed by atoms with Crippen LogP contribution in [0.2, 0.25) is 0 Å². The van der Waals surface area contributed by atoms with Crippen LogP contribution in [-0.4, -0.2) is 22.4 Å². The van der Waals surface area contributed by atoms with E-state index in [2.05, 4.69) is 22.6 Å². The van der Waals surface area contributed by atoms with Gasteiger partial charge < -0.3 is 9.40 Å². The number of nitrogens with one attached hydrogen (secondary N) is 1. The van der Waals surface area contributed by atoms with Crippen LogP contribution in [0.25, 0.3) is 22.4 Å². The largest absolute Gasteiger partial charge is 0.463 e. The normalized spacial score (nSPS) is 12.4. The zero-order valence-corrected chi connectivity index (χ0v) is 15.2. The SMILES string of the molecule is C=C(C)CN=c1scc(-c2ccco2)n1N=Cc1c[nH]c2ccccc12. The summed E-state index contributed by atoms with van der Waals surface area (Å²) in [5.41, 5.74) is 3.99. The molecule has 0 aliphatic heterocycles. The van der Waals surface area contributed by atoms with E-state index >= 15 is 0 Å². The van der Waals surface area contributed by atoms with Crippen LogP contribution in [0.15, 0.2) is 80.9 Å². The third kappa shape index (κ3) is 3.19. The molecule has 3 heterocycles. The van der Waals surface area contributed by atoms with Gasteiger partial charge >= 0.3 is 0 Å². The second-order valence-electron chi connectivity index (χ2n) is 6.00. The van der Waals surface area contributed by atoms with Crippen LogP contribution in [0.4, 0.5) is 0 Å². The van der Waals surface area contributed by atoms with Gasteiger partial charge in [0, 0.05) is 28.0 Å². The van der Waals surface area contributed by atoms with Crippen molar-refractivity contribution in [2.24, 2.45) is 10.1 Å². The monoisotopic (exact) mass is 362 g/mol. The lowest BCUT2D eigenvalue weighted by molar-refractivity contribution is 0.575. The molecule has 0 radical (unpaired) electrons. The summed E-state index contributed by atoms with van der Waals surface area (Å²) in [7, 11) is 0. The van der Waals surface area contributed by atoms with Crippen molar-refractivity contribution in [3.8, 4) is 11.5 Å². The molecule has 0 aliphatic carbocycles. The van der Waals surface area contributed by atoms with Crippen LogP contribution in [0.5, 0.6) is 0 Å². The molecule has 0 bridgehead atoms. The number of fused-ring (bicyclic) bond motifs is 1. The van der Waals surface area contributed by atoms with E-state index in [0.717, 1.165) is 38.3 Å². The number of aromatic amines is 1. The number of aromatic nitrogens is 2. The molecule has 1 N–H and O–H groups in total. The standard InChI is InChI=1S/C20H18N4OS/c1-14(2)10-22-20-24(18(13-26-20)19-8-5-9-25-19)23-12-15-11-21-17-7-4-3-6-16(15)17/h3-9,11-13,21H,1,10H2,2H3. The van der Waals surface area contributed by atoms with Gasteiger partial charge in [-0.25, -0.2) is 4.68 Å². The molecule has 5 nitrogen and oxygen atoms in total. The first kappa shape index (κ1) is 16.4. The number of nitrogens with zero attached hydrogens (tertiary/aromatic N) is 3. The van der Waals surface area contributed by atoms with Crippen LogP contribution in [0.1, 0.15) is 12.5 Å². The van der Waals surface area contributed by atoms with E-state index in [1.54, 1.807) is 6.26 Å². The van der Waals surface area contributed by atoms with Gasteiger partial charge in [0.05, 0.1) is 19.0 Å². The van der Waals surface area contributed by atoms with E-state index in [-0.39, 0.29) is 0 Å². The van der Waals surface area contributed by atoms with Crippen LogP contribution < -0.4 is 4.80 Å². The molecule has 26 heavy (non-hydrogen) atoms. The number of H-pyrrole nitrogens is 1. The summed E-state index contributed by atoms with van der Waals surface area (Å²) in [6.07, 6.45) is 5.46. The minimum atomic E-state index is 0.570. The summed E-state index contributed by atoms with van der Waals surface area (Å²) in [4.78, 5) is 8.68. The van der Waals surface area contributed by atoms with Gasteiger partial charge in [-0.15, -0.1) is 11.3 Å². The summed E-state index contributed by atoms with van der Waals surface area (Å²) in [6, 6.07) is 11.9. The van der Waals surface area contributed by atoms with Crippen LogP contribution in [-0.2, 0) is 0 Å². The Morgan fingerprint density at radius 1 is 1.31 bits per heavy atom. The second kappa shape index (κ2) is 7.01. The maximum atomic E-state index is 5.55. The molecule has 4 rings (SSSR count). The van der Waals surface area contributed by atoms with E-state index in [9.17, 15) is 0 Å². The molecular formula is C20H18N4OS. The van der Waals surface area contributed by atoms with Gasteiger partial charge in [0.15, 0.2) is 5.76 Å². The third-order valence-electron chi connectivity index (χ3n) is 3.88. The van der Waals surface area contributed by atoms with E-state index in [0.29, 0.717) is 6.54 Å². The molecular weight excluding hydrogens is 344 g/mol. The fourth-order valence-corrected chi connectivity index (χ4v) is 3.45. The fraction of sp³-hybridized carbons (Fsp3) is 0.100. The predicted octanol–water partition coefficient (Wildman–Crippen LogP) is 4.65. The fourth-order valence-electron chi connectivity index (χ4n) is 2.64. The molecule has 0 fully saturated rings. The van der Waals surface area contributed by atoms with Gasteiger partial charge in [0.25, 0.3) is 0 Å². The van der Waals surface area contributed by atoms with Crippen molar-refractivity contribution in [1.82, 2.24) is 9.66 Å². The Hall–Kier alpha value is -3.12. The number of benzene rings is 1. The van der Waals surface area contributed by atoms with Crippen molar-refractivity contribution in [3.63, 3.8) is 0 Å². The highest BCUT2D eigenvalue weighted by Gasteiger charge is 2.10. The highest BCUT2D eigenvalue weighted by atomic mass is 32.1. The van der Waals surface area contributed by atoms with Gasteiger partial charge in [-0.1, -0.05) is 30.4 Å². The average Bonchev–Trinajstić information content (AvgIpc) is 3.37. The first-order valence-corrected chi connectivity index (χ1v) is 9.10. The molecule has 6 heteroatoms. The molecule has 0 saturated heterocycles. The Morgan fingerprint density at radius 2 is 2.19 bits per heavy atom. The molecule has 0 amide bonds. The van der Waals surface area contributed by atoms with E-state index in [1.807, 2.05) is 59.7 Å². The highest BCUT2D eigenvalue weighted by Crippen LogP contribution is 2.21. The summed E-state index contributed by atoms with van der Waals surface area (Å²) in [5.74, 6) is 0.758. The average molecular weight is 362 g/mol. The van der Waals surface area contributed by atoms with Crippen LogP contribution in [0, 0.1) is 0 Å². The maximum Gasteiger partial charge on any atom is 0.206 e. The third-order valence-corrected chi connectivity index (χ3v) is 4.73. The molecule has 130 valence electrons. The number of hydrogen-bond acceptors (Lipinski definition) is 4. The minimum absolute atomic E-state index is 0.570. The molecule has 3 aromatic heterocycles. The van der Waals surface area contributed by atoms with Gasteiger partial charge in [-0.3, -0.25) is 4.99 Å². The van der Waals surface area contributed by atoms with Crippen LogP contribution in [0.3, 0.4) is 0 Å². The maximum absolute atomic E-state index is 5.55. The Kier molecular flexibility index (Phi) is 4.41. The lowest BCUT2D eigenvalue weighted by atomic mass is 10.2. The van der Waals surface area contributed by atoms with Crippen LogP contribution >= 0.6 is 11.3 Å². The van der Waals surface area contributed by atoms with Gasteiger partial charge in [-0.05, 0) is 25.1 Å². The first-order valence-electron chi connectivity index (χ1n) is 8.22. The molecule has 4 aromatic rings. The molecule has 0 aliphatic rings. The summed E-state index contributed by atoms with van der Waals surface area (Å²) < 4.78 is 7.37. The van der Waals surface area contributed by atoms with Gasteiger partial charge in [0.2, 0.25) is 4.80 Å². The second-order valence-corrected chi connectivity index (χ2v) is 6.84. The van der Waals surface area contributed by atoms with Gasteiger partial charge in [0.1, 0.15) is 5.69 Å². The quantitative estimate of drug-likeness (QED) is 0.408. The first-order chi connectivity index (χ1) is 12.7. The topological polar surface area (TPSA) is 58.6 Å². The minimum Gasteiger partial charge on any atom is -0.463 e. The number of rotatable bonds is 5. The van der Waals surface area contributed by atoms with Crippen molar-refractivity contribution in [1.29, 1.82) is 0 Å². The van der Waals surface area contributed by atoms with Crippen molar-refractivity contribution >= 4 is 28.5 Å². The molecule has 0 atom stereocenters. The number of thiazole rings is 1. The summed E-state index contributed by atoms with van der Waals surface area (Å²) in [6.45, 7) is 6.45. The van der Waals surface area contributed by atoms with E-state index < -0.39 is 0 Å². The van der Waals surface area contributed by atoms with Crippen molar-refractivity contribution in [2.45, 2.75) is 6.92 Å². The predicted molar refractivity (Wildman–Crippen MR) is 107 cm³/mol. The zero-order chi connectivity index (χ0) is 17.9. The Morgan fingerprint density at radius 3 is 3.00 bits per heavy atom. The van der Waals surface area contributed by atoms with Crippen molar-refractivity contribution in [3.05, 3.63) is 76.8 Å².